The molecule has 1 aromatic heterocycles. The number of thioether (sulfide) groups is 1. The number of carbonyl (C=O) groups is 2. The van der Waals surface area contributed by atoms with Gasteiger partial charge in [-0.25, -0.2) is 0 Å². The zero-order valence-electron chi connectivity index (χ0n) is 18.0. The highest BCUT2D eigenvalue weighted by molar-refractivity contribution is 7.99. The highest BCUT2D eigenvalue weighted by Gasteiger charge is 2.32. The number of aromatic nitrogens is 3. The van der Waals surface area contributed by atoms with E-state index in [1.807, 2.05) is 38.2 Å². The van der Waals surface area contributed by atoms with E-state index in [0.29, 0.717) is 39.6 Å². The van der Waals surface area contributed by atoms with Gasteiger partial charge in [0.1, 0.15) is 5.75 Å². The Bertz CT molecular complexity index is 1230. The molecule has 0 saturated heterocycles. The van der Waals surface area contributed by atoms with Crippen LogP contribution in [0.4, 0.5) is 11.4 Å². The van der Waals surface area contributed by atoms with E-state index in [1.54, 1.807) is 27.7 Å². The van der Waals surface area contributed by atoms with Gasteiger partial charge in [0, 0.05) is 18.8 Å². The van der Waals surface area contributed by atoms with Gasteiger partial charge in [0.2, 0.25) is 12.7 Å². The predicted octanol–water partition coefficient (Wildman–Crippen LogP) is 2.76. The van der Waals surface area contributed by atoms with Crippen molar-refractivity contribution in [1.29, 1.82) is 0 Å². The Kier molecular flexibility index (Phi) is 5.55. The standard InChI is InChI=1S/C22H21N5O5S/c1-13(27-15-5-3-4-6-16(15)30-10-20(27)29)21-24-25-22(26(21)2)33-11-19(28)23-14-7-8-17-18(9-14)32-12-31-17/h3-9,13H,10-12H2,1-2H3,(H,23,28)/t13-/m1/s1. The zero-order valence-corrected chi connectivity index (χ0v) is 18.8. The molecule has 0 fully saturated rings. The van der Waals surface area contributed by atoms with Gasteiger partial charge in [0.15, 0.2) is 29.1 Å². The minimum Gasteiger partial charge on any atom is -0.482 e. The summed E-state index contributed by atoms with van der Waals surface area (Å²) in [5.41, 5.74) is 1.32. The normalized spacial score (nSPS) is 15.1. The smallest absolute Gasteiger partial charge is 0.265 e. The number of para-hydroxylation sites is 2. The zero-order chi connectivity index (χ0) is 22.9. The van der Waals surface area contributed by atoms with E-state index in [2.05, 4.69) is 15.5 Å². The van der Waals surface area contributed by atoms with Crippen molar-refractivity contribution in [3.63, 3.8) is 0 Å². The molecule has 0 spiro atoms. The van der Waals surface area contributed by atoms with Crippen LogP contribution in [-0.2, 0) is 16.6 Å². The van der Waals surface area contributed by atoms with Gasteiger partial charge in [-0.05, 0) is 31.2 Å². The predicted molar refractivity (Wildman–Crippen MR) is 121 cm³/mol. The van der Waals surface area contributed by atoms with E-state index in [-0.39, 0.29) is 37.0 Å². The van der Waals surface area contributed by atoms with Crippen LogP contribution in [0.5, 0.6) is 17.2 Å². The quantitative estimate of drug-likeness (QED) is 0.552. The first-order chi connectivity index (χ1) is 16.0. The van der Waals surface area contributed by atoms with Gasteiger partial charge in [-0.1, -0.05) is 23.9 Å². The summed E-state index contributed by atoms with van der Waals surface area (Å²) in [5.74, 6) is 2.33. The van der Waals surface area contributed by atoms with Gasteiger partial charge < -0.3 is 24.1 Å². The molecule has 11 heteroatoms. The van der Waals surface area contributed by atoms with Crippen LogP contribution < -0.4 is 24.4 Å². The van der Waals surface area contributed by atoms with Gasteiger partial charge in [-0.2, -0.15) is 0 Å². The summed E-state index contributed by atoms with van der Waals surface area (Å²) in [4.78, 5) is 26.7. The Morgan fingerprint density at radius 3 is 2.82 bits per heavy atom. The van der Waals surface area contributed by atoms with Crippen molar-refractivity contribution in [2.45, 2.75) is 18.1 Å². The molecule has 33 heavy (non-hydrogen) atoms. The van der Waals surface area contributed by atoms with E-state index in [0.717, 1.165) is 0 Å². The van der Waals surface area contributed by atoms with Crippen LogP contribution in [0.1, 0.15) is 18.8 Å². The summed E-state index contributed by atoms with van der Waals surface area (Å²) in [6, 6.07) is 12.3. The molecule has 5 rings (SSSR count). The van der Waals surface area contributed by atoms with E-state index >= 15 is 0 Å². The summed E-state index contributed by atoms with van der Waals surface area (Å²) in [6.45, 7) is 2.04. The molecule has 2 aliphatic rings. The maximum absolute atomic E-state index is 12.6. The van der Waals surface area contributed by atoms with Crippen molar-refractivity contribution in [2.75, 3.05) is 29.4 Å². The molecule has 0 aliphatic carbocycles. The Morgan fingerprint density at radius 1 is 1.12 bits per heavy atom. The Morgan fingerprint density at radius 2 is 1.94 bits per heavy atom. The largest absolute Gasteiger partial charge is 0.482 e. The minimum absolute atomic E-state index is 0.0269. The molecule has 0 saturated carbocycles. The average molecular weight is 468 g/mol. The number of hydrogen-bond acceptors (Lipinski definition) is 8. The van der Waals surface area contributed by atoms with Crippen LogP contribution in [0.15, 0.2) is 47.6 Å². The highest BCUT2D eigenvalue weighted by atomic mass is 32.2. The lowest BCUT2D eigenvalue weighted by molar-refractivity contribution is -0.121. The molecule has 1 N–H and O–H groups in total. The molecule has 3 heterocycles. The third-order valence-corrected chi connectivity index (χ3v) is 6.38. The van der Waals surface area contributed by atoms with Crippen molar-refractivity contribution in [2.24, 2.45) is 7.05 Å². The molecule has 3 aromatic rings. The SMILES string of the molecule is C[C@H](c1nnc(SCC(=O)Nc2ccc3c(c2)OCO3)n1C)N1C(=O)COc2ccccc21. The van der Waals surface area contributed by atoms with Crippen LogP contribution in [0.25, 0.3) is 0 Å². The molecule has 2 aromatic carbocycles. The third-order valence-electron chi connectivity index (χ3n) is 5.36. The fraction of sp³-hybridized carbons (Fsp3) is 0.273. The van der Waals surface area contributed by atoms with Crippen LogP contribution in [0.2, 0.25) is 0 Å². The second-order valence-corrected chi connectivity index (χ2v) is 8.44. The van der Waals surface area contributed by atoms with E-state index < -0.39 is 0 Å². The number of hydrogen-bond donors (Lipinski definition) is 1. The van der Waals surface area contributed by atoms with Gasteiger partial charge in [0.25, 0.3) is 5.91 Å². The number of fused-ring (bicyclic) bond motifs is 2. The summed E-state index contributed by atoms with van der Waals surface area (Å²) < 4.78 is 17.9. The molecule has 0 unspecified atom stereocenters. The number of rotatable bonds is 6. The fourth-order valence-corrected chi connectivity index (χ4v) is 4.50. The Labute approximate surface area is 193 Å². The number of benzene rings is 2. The lowest BCUT2D eigenvalue weighted by atomic mass is 10.1. The van der Waals surface area contributed by atoms with Crippen LogP contribution >= 0.6 is 11.8 Å². The first-order valence-electron chi connectivity index (χ1n) is 10.3. The van der Waals surface area contributed by atoms with Crippen LogP contribution in [-0.4, -0.2) is 45.7 Å². The minimum atomic E-state index is -0.364. The monoisotopic (exact) mass is 467 g/mol. The maximum Gasteiger partial charge on any atom is 0.265 e. The molecule has 1 atom stereocenters. The fourth-order valence-electron chi connectivity index (χ4n) is 3.78. The molecule has 2 amide bonds. The Balaban J connectivity index is 1.26. The lowest BCUT2D eigenvalue weighted by Crippen LogP contribution is -2.41. The summed E-state index contributed by atoms with van der Waals surface area (Å²) in [6.07, 6.45) is 0. The van der Waals surface area contributed by atoms with E-state index in [9.17, 15) is 9.59 Å². The van der Waals surface area contributed by atoms with E-state index in [4.69, 9.17) is 14.2 Å². The van der Waals surface area contributed by atoms with Crippen molar-refractivity contribution in [1.82, 2.24) is 14.8 Å². The molecule has 10 nitrogen and oxygen atoms in total. The van der Waals surface area contributed by atoms with Crippen molar-refractivity contribution >= 4 is 35.0 Å². The Hall–Kier alpha value is -3.73. The topological polar surface area (TPSA) is 108 Å². The maximum atomic E-state index is 12.6. The van der Waals surface area contributed by atoms with Crippen LogP contribution in [0, 0.1) is 0 Å². The second-order valence-electron chi connectivity index (χ2n) is 7.50. The third kappa shape index (κ3) is 4.07. The first-order valence-corrected chi connectivity index (χ1v) is 11.3. The van der Waals surface area contributed by atoms with Gasteiger partial charge >= 0.3 is 0 Å². The van der Waals surface area contributed by atoms with Crippen molar-refractivity contribution < 1.29 is 23.8 Å². The molecule has 2 aliphatic heterocycles. The lowest BCUT2D eigenvalue weighted by Gasteiger charge is -2.33. The number of nitrogens with zero attached hydrogens (tertiary/aromatic N) is 4. The highest BCUT2D eigenvalue weighted by Crippen LogP contribution is 2.37. The average Bonchev–Trinajstić information content (AvgIpc) is 3.43. The summed E-state index contributed by atoms with van der Waals surface area (Å²) in [5, 5.41) is 11.9. The molecular weight excluding hydrogens is 446 g/mol. The van der Waals surface area contributed by atoms with Gasteiger partial charge in [-0.15, -0.1) is 10.2 Å². The van der Waals surface area contributed by atoms with Crippen molar-refractivity contribution in [3.05, 3.63) is 48.3 Å². The first kappa shape index (κ1) is 21.1. The number of ether oxygens (including phenoxy) is 3. The van der Waals surface area contributed by atoms with Crippen molar-refractivity contribution in [3.8, 4) is 17.2 Å². The number of nitrogens with one attached hydrogen (secondary N) is 1. The molecule has 0 bridgehead atoms. The molecule has 0 radical (unpaired) electrons. The van der Waals surface area contributed by atoms with Gasteiger partial charge in [0.05, 0.1) is 17.5 Å². The number of amides is 2. The molecular formula is C22H21N5O5S. The summed E-state index contributed by atoms with van der Waals surface area (Å²) >= 11 is 1.26. The second kappa shape index (κ2) is 8.66. The van der Waals surface area contributed by atoms with Crippen LogP contribution in [0.3, 0.4) is 0 Å². The number of anilines is 2. The molecule has 170 valence electrons. The van der Waals surface area contributed by atoms with Gasteiger partial charge in [-0.3, -0.25) is 14.5 Å². The number of carbonyl (C=O) groups excluding carboxylic acids is 2. The summed E-state index contributed by atoms with van der Waals surface area (Å²) in [7, 11) is 1.82. The van der Waals surface area contributed by atoms with E-state index in [1.165, 1.54) is 11.8 Å².